The van der Waals surface area contributed by atoms with Crippen molar-refractivity contribution in [1.29, 1.82) is 0 Å². The maximum absolute atomic E-state index is 13.1. The largest absolute Gasteiger partial charge is 0.386 e. The summed E-state index contributed by atoms with van der Waals surface area (Å²) in [5, 5.41) is 9.77. The quantitative estimate of drug-likeness (QED) is 0.519. The summed E-state index contributed by atoms with van der Waals surface area (Å²) in [5.41, 5.74) is 5.51. The van der Waals surface area contributed by atoms with Crippen LogP contribution in [-0.2, 0) is 16.1 Å². The number of anilines is 4. The lowest BCUT2D eigenvalue weighted by Gasteiger charge is -2.38. The molecule has 1 saturated carbocycles. The van der Waals surface area contributed by atoms with E-state index in [1.807, 2.05) is 13.1 Å². The lowest BCUT2D eigenvalue weighted by atomic mass is 9.85. The number of fused-ring (bicyclic) bond motifs is 4. The maximum Gasteiger partial charge on any atom is 0.328 e. The molecule has 7 rings (SSSR count). The molecule has 3 fully saturated rings. The topological polar surface area (TPSA) is 106 Å². The Morgan fingerprint density at radius 2 is 2.11 bits per heavy atom. The molecule has 1 aromatic carbocycles. The molecule has 3 N–H and O–H groups in total. The fraction of sp³-hybridized carbons (Fsp3) is 0.480. The zero-order chi connectivity index (χ0) is 23.6. The number of nitrogens with zero attached hydrogens (tertiary/aromatic N) is 4. The molecule has 2 saturated heterocycles. The van der Waals surface area contributed by atoms with Gasteiger partial charge in [-0.1, -0.05) is 0 Å². The molecule has 3 aliphatic heterocycles. The lowest BCUT2D eigenvalue weighted by Crippen LogP contribution is -2.52. The van der Waals surface area contributed by atoms with Crippen LogP contribution in [0.5, 0.6) is 0 Å². The van der Waals surface area contributed by atoms with Gasteiger partial charge in [0.1, 0.15) is 17.7 Å². The first-order chi connectivity index (χ1) is 17.1. The Kier molecular flexibility index (Phi) is 4.68. The van der Waals surface area contributed by atoms with Gasteiger partial charge in [0.15, 0.2) is 5.65 Å². The second-order valence-corrected chi connectivity index (χ2v) is 10.3. The third-order valence-electron chi connectivity index (χ3n) is 7.85. The lowest BCUT2D eigenvalue weighted by molar-refractivity contribution is -0.0985. The van der Waals surface area contributed by atoms with Crippen molar-refractivity contribution in [2.45, 2.75) is 38.0 Å². The molecule has 35 heavy (non-hydrogen) atoms. The summed E-state index contributed by atoms with van der Waals surface area (Å²) in [4.78, 5) is 24.7. The summed E-state index contributed by atoms with van der Waals surface area (Å²) < 4.78 is 13.3. The molecule has 1 spiro atoms. The summed E-state index contributed by atoms with van der Waals surface area (Å²) in [6, 6.07) is 8.19. The summed E-state index contributed by atoms with van der Waals surface area (Å²) in [6.45, 7) is 4.25. The molecule has 2 atom stereocenters. The zero-order valence-corrected chi connectivity index (χ0v) is 19.7. The number of pyridine rings is 1. The minimum atomic E-state index is -0.238. The highest BCUT2D eigenvalue weighted by molar-refractivity contribution is 5.94. The molecule has 10 heteroatoms. The number of benzene rings is 1. The Morgan fingerprint density at radius 3 is 2.86 bits per heavy atom. The number of aromatic nitrogens is 3. The van der Waals surface area contributed by atoms with Crippen LogP contribution in [0, 0.1) is 5.41 Å². The standard InChI is InChI=1S/C25H29N7O3/c1-26-19-9-21-28-16-6-15(7-17(8-16)31-5-4-25(11-31)12-34-13-25)10-35-20-3-2-18(20)29-24(33)32-14-27-22(19)23(32)30-21/h6-9,14,18,20H,2-5,10-13H2,1H3,(H,29,33)(H2,26,28,30)/t18-,20-/m1/s1. The van der Waals surface area contributed by atoms with Crippen molar-refractivity contribution in [3.63, 3.8) is 0 Å². The van der Waals surface area contributed by atoms with Crippen LogP contribution >= 0.6 is 0 Å². The highest BCUT2D eigenvalue weighted by Gasteiger charge is 2.44. The van der Waals surface area contributed by atoms with E-state index in [-0.39, 0.29) is 18.2 Å². The Morgan fingerprint density at radius 1 is 1.20 bits per heavy atom. The number of amides is 1. The Balaban J connectivity index is 1.31. The van der Waals surface area contributed by atoms with Crippen molar-refractivity contribution in [3.8, 4) is 0 Å². The van der Waals surface area contributed by atoms with Gasteiger partial charge >= 0.3 is 6.03 Å². The first-order valence-corrected chi connectivity index (χ1v) is 12.3. The average molecular weight is 476 g/mol. The van der Waals surface area contributed by atoms with Crippen molar-refractivity contribution in [2.75, 3.05) is 48.9 Å². The van der Waals surface area contributed by atoms with E-state index in [2.05, 4.69) is 44.0 Å². The van der Waals surface area contributed by atoms with Crippen LogP contribution in [0.1, 0.15) is 24.8 Å². The van der Waals surface area contributed by atoms with Crippen LogP contribution in [0.3, 0.4) is 0 Å². The van der Waals surface area contributed by atoms with E-state index in [9.17, 15) is 4.79 Å². The second kappa shape index (κ2) is 7.82. The first kappa shape index (κ1) is 21.0. The van der Waals surface area contributed by atoms with Gasteiger partial charge in [-0.25, -0.2) is 19.3 Å². The molecule has 0 radical (unpaired) electrons. The van der Waals surface area contributed by atoms with Crippen molar-refractivity contribution in [1.82, 2.24) is 19.9 Å². The number of carbonyl (C=O) groups is 1. The number of nitrogens with one attached hydrogen (secondary N) is 3. The molecule has 0 unspecified atom stereocenters. The molecule has 1 aliphatic carbocycles. The van der Waals surface area contributed by atoms with Crippen LogP contribution in [-0.4, -0.2) is 66.1 Å². The molecular weight excluding hydrogens is 446 g/mol. The molecule has 5 heterocycles. The van der Waals surface area contributed by atoms with E-state index in [4.69, 9.17) is 14.5 Å². The number of hydrogen-bond donors (Lipinski definition) is 3. The summed E-state index contributed by atoms with van der Waals surface area (Å²) in [7, 11) is 1.85. The van der Waals surface area contributed by atoms with E-state index in [1.54, 1.807) is 0 Å². The van der Waals surface area contributed by atoms with E-state index in [0.29, 0.717) is 29.0 Å². The number of imidazole rings is 1. The van der Waals surface area contributed by atoms with E-state index in [1.165, 1.54) is 16.6 Å². The predicted molar refractivity (Wildman–Crippen MR) is 132 cm³/mol. The van der Waals surface area contributed by atoms with E-state index < -0.39 is 0 Å². The minimum absolute atomic E-state index is 0.00434. The summed E-state index contributed by atoms with van der Waals surface area (Å²) >= 11 is 0. The zero-order valence-electron chi connectivity index (χ0n) is 19.7. The van der Waals surface area contributed by atoms with E-state index in [0.717, 1.165) is 62.5 Å². The van der Waals surface area contributed by atoms with Crippen molar-refractivity contribution < 1.29 is 14.3 Å². The molecule has 4 aliphatic rings. The SMILES string of the molecule is CNc1cc2nc3c1ncn3C(=O)N[C@@H]1CC[C@H]1OCc1cc(cc(N3CCC4(COC4)C3)c1)N2. The van der Waals surface area contributed by atoms with Gasteiger partial charge in [0.25, 0.3) is 0 Å². The van der Waals surface area contributed by atoms with Crippen LogP contribution in [0.15, 0.2) is 30.6 Å². The molecule has 10 nitrogen and oxygen atoms in total. The predicted octanol–water partition coefficient (Wildman–Crippen LogP) is 3.06. The van der Waals surface area contributed by atoms with Crippen LogP contribution in [0.25, 0.3) is 11.2 Å². The number of carbonyl (C=O) groups excluding carboxylic acids is 1. The second-order valence-electron chi connectivity index (χ2n) is 10.3. The van der Waals surface area contributed by atoms with E-state index >= 15 is 0 Å². The summed E-state index contributed by atoms with van der Waals surface area (Å²) in [6.07, 6.45) is 4.52. The first-order valence-electron chi connectivity index (χ1n) is 12.3. The van der Waals surface area contributed by atoms with Crippen LogP contribution in [0.2, 0.25) is 0 Å². The smallest absolute Gasteiger partial charge is 0.328 e. The third kappa shape index (κ3) is 3.51. The fourth-order valence-electron chi connectivity index (χ4n) is 5.60. The highest BCUT2D eigenvalue weighted by atomic mass is 16.5. The van der Waals surface area contributed by atoms with Crippen molar-refractivity contribution in [2.24, 2.45) is 5.41 Å². The number of ether oxygens (including phenoxy) is 2. The third-order valence-corrected chi connectivity index (χ3v) is 7.85. The molecule has 1 amide bonds. The van der Waals surface area contributed by atoms with Gasteiger partial charge in [-0.05, 0) is 43.0 Å². The van der Waals surface area contributed by atoms with Gasteiger partial charge in [-0.3, -0.25) is 0 Å². The Hall–Kier alpha value is -3.37. The molecular formula is C25H29N7O3. The average Bonchev–Trinajstić information content (AvgIpc) is 3.46. The highest BCUT2D eigenvalue weighted by Crippen LogP contribution is 2.40. The Bertz CT molecular complexity index is 1320. The van der Waals surface area contributed by atoms with Crippen molar-refractivity contribution >= 4 is 40.1 Å². The minimum Gasteiger partial charge on any atom is -0.386 e. The number of rotatable bonds is 2. The normalized spacial score (nSPS) is 24.8. The number of hydrogen-bond acceptors (Lipinski definition) is 8. The van der Waals surface area contributed by atoms with Crippen molar-refractivity contribution in [3.05, 3.63) is 36.2 Å². The molecule has 3 aromatic rings. The maximum atomic E-state index is 13.1. The van der Waals surface area contributed by atoms with Gasteiger partial charge in [-0.2, -0.15) is 0 Å². The van der Waals surface area contributed by atoms with Gasteiger partial charge in [0.05, 0.1) is 37.7 Å². The van der Waals surface area contributed by atoms with Gasteiger partial charge in [0.2, 0.25) is 0 Å². The van der Waals surface area contributed by atoms with Gasteiger partial charge in [-0.15, -0.1) is 0 Å². The van der Waals surface area contributed by atoms with Gasteiger partial charge in [0, 0.05) is 43.0 Å². The fourth-order valence-corrected chi connectivity index (χ4v) is 5.60. The molecule has 182 valence electrons. The monoisotopic (exact) mass is 475 g/mol. The molecule has 4 bridgehead atoms. The molecule has 2 aromatic heterocycles. The van der Waals surface area contributed by atoms with Crippen LogP contribution < -0.4 is 20.9 Å². The van der Waals surface area contributed by atoms with Crippen LogP contribution in [0.4, 0.5) is 27.7 Å². The summed E-state index contributed by atoms with van der Waals surface area (Å²) in [5.74, 6) is 0.643. The van der Waals surface area contributed by atoms with Gasteiger partial charge < -0.3 is 30.3 Å². The Labute approximate surface area is 203 Å².